The van der Waals surface area contributed by atoms with E-state index in [0.29, 0.717) is 25.9 Å². The van der Waals surface area contributed by atoms with Gasteiger partial charge in [0.15, 0.2) is 11.6 Å². The number of thioether (sulfide) groups is 1. The number of carbonyl (C=O) groups is 2. The molecule has 0 radical (unpaired) electrons. The lowest BCUT2D eigenvalue weighted by Gasteiger charge is -2.24. The Morgan fingerprint density at radius 1 is 1.27 bits per heavy atom. The SMILES string of the molecule is CC(=O)CC[C@H]1CN(c2cc(F)c(N3CCCSCC3)c(F)c2)C(=O)O1. The number of hydrogen-bond acceptors (Lipinski definition) is 5. The van der Waals surface area contributed by atoms with E-state index in [0.717, 1.165) is 17.9 Å². The number of amides is 1. The van der Waals surface area contributed by atoms with Crippen LogP contribution < -0.4 is 9.80 Å². The second-order valence-corrected chi connectivity index (χ2v) is 7.79. The Kier molecular flexibility index (Phi) is 6.01. The van der Waals surface area contributed by atoms with E-state index in [1.165, 1.54) is 24.0 Å². The normalized spacial score (nSPS) is 20.9. The average molecular weight is 384 g/mol. The minimum absolute atomic E-state index is 0.0107. The van der Waals surface area contributed by atoms with Crippen molar-refractivity contribution >= 4 is 35.0 Å². The number of carbonyl (C=O) groups excluding carboxylic acids is 2. The second-order valence-electron chi connectivity index (χ2n) is 6.57. The summed E-state index contributed by atoms with van der Waals surface area (Å²) in [6, 6.07) is 2.37. The number of halogens is 2. The maximum Gasteiger partial charge on any atom is 0.414 e. The Balaban J connectivity index is 1.77. The Morgan fingerprint density at radius 3 is 2.69 bits per heavy atom. The van der Waals surface area contributed by atoms with E-state index in [1.54, 1.807) is 16.7 Å². The fourth-order valence-electron chi connectivity index (χ4n) is 3.23. The molecule has 0 bridgehead atoms. The van der Waals surface area contributed by atoms with Crippen molar-refractivity contribution in [1.82, 2.24) is 0 Å². The standard InChI is InChI=1S/C18H22F2N2O3S/c1-12(23)3-4-14-11-22(18(24)25-14)13-9-15(19)17(16(20)10-13)21-5-2-7-26-8-6-21/h9-10,14H,2-8,11H2,1H3/t14-/m0/s1. The molecule has 1 amide bonds. The van der Waals surface area contributed by atoms with E-state index in [1.807, 2.05) is 0 Å². The molecule has 2 heterocycles. The molecule has 1 aromatic carbocycles. The molecule has 0 unspecified atom stereocenters. The molecule has 0 saturated carbocycles. The molecule has 3 rings (SSSR count). The minimum Gasteiger partial charge on any atom is -0.444 e. The highest BCUT2D eigenvalue weighted by Crippen LogP contribution is 2.32. The zero-order valence-corrected chi connectivity index (χ0v) is 15.5. The summed E-state index contributed by atoms with van der Waals surface area (Å²) in [5.74, 6) is 0.478. The van der Waals surface area contributed by atoms with Crippen LogP contribution in [0.3, 0.4) is 0 Å². The van der Waals surface area contributed by atoms with E-state index in [4.69, 9.17) is 4.74 Å². The van der Waals surface area contributed by atoms with Gasteiger partial charge in [-0.15, -0.1) is 0 Å². The van der Waals surface area contributed by atoms with Crippen LogP contribution in [0.1, 0.15) is 26.2 Å². The van der Waals surface area contributed by atoms with Gasteiger partial charge in [0.25, 0.3) is 0 Å². The molecular weight excluding hydrogens is 362 g/mol. The van der Waals surface area contributed by atoms with Crippen LogP contribution in [0.15, 0.2) is 12.1 Å². The first-order chi connectivity index (χ1) is 12.5. The van der Waals surface area contributed by atoms with Crippen LogP contribution in [0.4, 0.5) is 25.0 Å². The Hall–Kier alpha value is -1.83. The first-order valence-electron chi connectivity index (χ1n) is 8.75. The maximum atomic E-state index is 14.6. The highest BCUT2D eigenvalue weighted by atomic mass is 32.2. The lowest BCUT2D eigenvalue weighted by Crippen LogP contribution is -2.29. The molecular formula is C18H22F2N2O3S. The van der Waals surface area contributed by atoms with Crippen molar-refractivity contribution in [3.8, 4) is 0 Å². The van der Waals surface area contributed by atoms with Crippen molar-refractivity contribution in [2.75, 3.05) is 40.9 Å². The summed E-state index contributed by atoms with van der Waals surface area (Å²) >= 11 is 1.78. The summed E-state index contributed by atoms with van der Waals surface area (Å²) in [6.45, 7) is 2.86. The fraction of sp³-hybridized carbons (Fsp3) is 0.556. The van der Waals surface area contributed by atoms with Crippen molar-refractivity contribution in [3.63, 3.8) is 0 Å². The largest absolute Gasteiger partial charge is 0.444 e. The third kappa shape index (κ3) is 4.28. The number of ether oxygens (including phenoxy) is 1. The van der Waals surface area contributed by atoms with Gasteiger partial charge in [0, 0.05) is 37.4 Å². The van der Waals surface area contributed by atoms with Gasteiger partial charge in [-0.1, -0.05) is 0 Å². The van der Waals surface area contributed by atoms with Crippen molar-refractivity contribution in [1.29, 1.82) is 0 Å². The monoisotopic (exact) mass is 384 g/mol. The predicted molar refractivity (Wildman–Crippen MR) is 98.0 cm³/mol. The Labute approximate surface area is 155 Å². The fourth-order valence-corrected chi connectivity index (χ4v) is 4.11. The van der Waals surface area contributed by atoms with E-state index < -0.39 is 23.8 Å². The van der Waals surface area contributed by atoms with Crippen molar-refractivity contribution in [2.45, 2.75) is 32.3 Å². The van der Waals surface area contributed by atoms with Crippen molar-refractivity contribution < 1.29 is 23.1 Å². The Morgan fingerprint density at radius 2 is 2.00 bits per heavy atom. The van der Waals surface area contributed by atoms with Crippen LogP contribution in [-0.4, -0.2) is 49.1 Å². The molecule has 2 aliphatic rings. The third-order valence-corrected chi connectivity index (χ3v) is 5.59. The summed E-state index contributed by atoms with van der Waals surface area (Å²) in [7, 11) is 0. The number of benzene rings is 1. The van der Waals surface area contributed by atoms with E-state index in [9.17, 15) is 18.4 Å². The Bertz CT molecular complexity index is 670. The highest BCUT2D eigenvalue weighted by Gasteiger charge is 2.33. The van der Waals surface area contributed by atoms with Gasteiger partial charge in [-0.25, -0.2) is 13.6 Å². The number of rotatable bonds is 5. The topological polar surface area (TPSA) is 49.9 Å². The molecule has 1 aromatic rings. The van der Waals surface area contributed by atoms with Crippen LogP contribution in [0.5, 0.6) is 0 Å². The lowest BCUT2D eigenvalue weighted by atomic mass is 10.1. The van der Waals surface area contributed by atoms with Crippen molar-refractivity contribution in [2.24, 2.45) is 0 Å². The summed E-state index contributed by atoms with van der Waals surface area (Å²) in [5.41, 5.74) is 0.111. The third-order valence-electron chi connectivity index (χ3n) is 4.54. The zero-order valence-electron chi connectivity index (χ0n) is 14.7. The first-order valence-corrected chi connectivity index (χ1v) is 9.90. The molecule has 0 aliphatic carbocycles. The molecule has 26 heavy (non-hydrogen) atoms. The van der Waals surface area contributed by atoms with E-state index in [2.05, 4.69) is 0 Å². The summed E-state index contributed by atoms with van der Waals surface area (Å²) in [5, 5.41) is 0. The number of cyclic esters (lactones) is 1. The molecule has 5 nitrogen and oxygen atoms in total. The van der Waals surface area contributed by atoms with E-state index >= 15 is 0 Å². The van der Waals surface area contributed by atoms with Gasteiger partial charge in [-0.2, -0.15) is 11.8 Å². The number of ketones is 1. The summed E-state index contributed by atoms with van der Waals surface area (Å²) in [4.78, 5) is 26.1. The number of anilines is 2. The predicted octanol–water partition coefficient (Wildman–Crippen LogP) is 3.60. The molecule has 2 aliphatic heterocycles. The van der Waals surface area contributed by atoms with Crippen LogP contribution in [0, 0.1) is 11.6 Å². The van der Waals surface area contributed by atoms with Gasteiger partial charge < -0.3 is 14.4 Å². The quantitative estimate of drug-likeness (QED) is 0.776. The van der Waals surface area contributed by atoms with Gasteiger partial charge in [0.2, 0.25) is 0 Å². The highest BCUT2D eigenvalue weighted by molar-refractivity contribution is 7.99. The van der Waals surface area contributed by atoms with Crippen LogP contribution >= 0.6 is 11.8 Å². The van der Waals surface area contributed by atoms with Gasteiger partial charge in [-0.3, -0.25) is 4.90 Å². The zero-order chi connectivity index (χ0) is 18.7. The molecule has 8 heteroatoms. The second kappa shape index (κ2) is 8.24. The molecule has 2 saturated heterocycles. The molecule has 0 aromatic heterocycles. The number of Topliss-reactive ketones (excluding diaryl/α,β-unsaturated/α-hetero) is 1. The molecule has 142 valence electrons. The van der Waals surface area contributed by atoms with Gasteiger partial charge in [0.05, 0.1) is 12.2 Å². The number of nitrogens with zero attached hydrogens (tertiary/aromatic N) is 2. The molecule has 1 atom stereocenters. The summed E-state index contributed by atoms with van der Waals surface area (Å²) < 4.78 is 34.5. The molecule has 2 fully saturated rings. The minimum atomic E-state index is -0.674. The molecule has 0 spiro atoms. The smallest absolute Gasteiger partial charge is 0.414 e. The average Bonchev–Trinajstić information content (AvgIpc) is 2.77. The van der Waals surface area contributed by atoms with Gasteiger partial charge in [-0.05, 0) is 25.5 Å². The first kappa shape index (κ1) is 18.9. The lowest BCUT2D eigenvalue weighted by molar-refractivity contribution is -0.117. The van der Waals surface area contributed by atoms with Crippen LogP contribution in [-0.2, 0) is 9.53 Å². The van der Waals surface area contributed by atoms with Gasteiger partial charge >= 0.3 is 6.09 Å². The van der Waals surface area contributed by atoms with Crippen molar-refractivity contribution in [3.05, 3.63) is 23.8 Å². The van der Waals surface area contributed by atoms with Crippen LogP contribution in [0.2, 0.25) is 0 Å². The summed E-state index contributed by atoms with van der Waals surface area (Å²) in [6.07, 6.45) is 0.504. The van der Waals surface area contributed by atoms with Gasteiger partial charge in [0.1, 0.15) is 17.6 Å². The van der Waals surface area contributed by atoms with E-state index in [-0.39, 0.29) is 23.7 Å². The van der Waals surface area contributed by atoms with Crippen LogP contribution in [0.25, 0.3) is 0 Å². The molecule has 0 N–H and O–H groups in total. The number of hydrogen-bond donors (Lipinski definition) is 0. The maximum absolute atomic E-state index is 14.6.